The topological polar surface area (TPSA) is 21.3 Å². The van der Waals surface area contributed by atoms with Gasteiger partial charge in [0.05, 0.1) is 0 Å². The van der Waals surface area contributed by atoms with Crippen molar-refractivity contribution in [1.82, 2.24) is 5.32 Å². The largest absolute Gasteiger partial charge is 0.363 e. The molecule has 0 bridgehead atoms. The highest BCUT2D eigenvalue weighted by atomic mass is 16.5. The average Bonchev–Trinajstić information content (AvgIpc) is 2.05. The van der Waals surface area contributed by atoms with Gasteiger partial charge in [0.2, 0.25) is 0 Å². The zero-order valence-corrected chi connectivity index (χ0v) is 8.31. The Morgan fingerprint density at radius 2 is 2.33 bits per heavy atom. The Bertz CT molecular complexity index is 116. The van der Waals surface area contributed by atoms with Crippen molar-refractivity contribution in [2.75, 3.05) is 13.2 Å². The molecule has 0 amide bonds. The van der Waals surface area contributed by atoms with Gasteiger partial charge in [0.25, 0.3) is 0 Å². The minimum Gasteiger partial charge on any atom is -0.363 e. The standard InChI is InChI=1S/C10H21NO/c1-3-4-6-11-10-8-9(2)5-7-12-10/h9-11H,3-8H2,1-2H3. The van der Waals surface area contributed by atoms with E-state index in [4.69, 9.17) is 4.74 Å². The number of hydrogen-bond acceptors (Lipinski definition) is 2. The Hall–Kier alpha value is -0.0800. The summed E-state index contributed by atoms with van der Waals surface area (Å²) >= 11 is 0. The molecule has 0 aromatic rings. The van der Waals surface area contributed by atoms with E-state index in [0.29, 0.717) is 6.23 Å². The summed E-state index contributed by atoms with van der Waals surface area (Å²) in [5, 5.41) is 3.43. The number of ether oxygens (including phenoxy) is 1. The molecule has 2 unspecified atom stereocenters. The van der Waals surface area contributed by atoms with Gasteiger partial charge in [0.1, 0.15) is 6.23 Å². The van der Waals surface area contributed by atoms with Gasteiger partial charge in [-0.05, 0) is 31.7 Å². The van der Waals surface area contributed by atoms with Crippen molar-refractivity contribution in [1.29, 1.82) is 0 Å². The lowest BCUT2D eigenvalue weighted by Gasteiger charge is -2.27. The molecule has 0 radical (unpaired) electrons. The fraction of sp³-hybridized carbons (Fsp3) is 1.00. The van der Waals surface area contributed by atoms with Crippen molar-refractivity contribution in [3.63, 3.8) is 0 Å². The second-order valence-corrected chi connectivity index (χ2v) is 3.80. The van der Waals surface area contributed by atoms with Crippen LogP contribution < -0.4 is 5.32 Å². The van der Waals surface area contributed by atoms with E-state index in [1.54, 1.807) is 0 Å². The maximum atomic E-state index is 5.58. The van der Waals surface area contributed by atoms with Gasteiger partial charge in [-0.3, -0.25) is 5.32 Å². The maximum Gasteiger partial charge on any atom is 0.108 e. The molecule has 0 saturated carbocycles. The van der Waals surface area contributed by atoms with Gasteiger partial charge < -0.3 is 4.74 Å². The summed E-state index contributed by atoms with van der Waals surface area (Å²) in [4.78, 5) is 0. The van der Waals surface area contributed by atoms with E-state index in [1.807, 2.05) is 0 Å². The molecule has 1 aliphatic rings. The van der Waals surface area contributed by atoms with E-state index in [2.05, 4.69) is 19.2 Å². The zero-order chi connectivity index (χ0) is 8.81. The molecule has 0 aromatic heterocycles. The lowest BCUT2D eigenvalue weighted by atomic mass is 10.0. The fourth-order valence-corrected chi connectivity index (χ4v) is 1.54. The Morgan fingerprint density at radius 3 is 3.00 bits per heavy atom. The van der Waals surface area contributed by atoms with Crippen molar-refractivity contribution in [2.24, 2.45) is 5.92 Å². The molecule has 0 aromatic carbocycles. The van der Waals surface area contributed by atoms with Gasteiger partial charge in [-0.2, -0.15) is 0 Å². The van der Waals surface area contributed by atoms with E-state index < -0.39 is 0 Å². The van der Waals surface area contributed by atoms with E-state index in [0.717, 1.165) is 19.1 Å². The first-order valence-corrected chi connectivity index (χ1v) is 5.18. The highest BCUT2D eigenvalue weighted by Crippen LogP contribution is 2.17. The molecular weight excluding hydrogens is 150 g/mol. The first-order valence-electron chi connectivity index (χ1n) is 5.18. The summed E-state index contributed by atoms with van der Waals surface area (Å²) < 4.78 is 5.58. The zero-order valence-electron chi connectivity index (χ0n) is 8.31. The van der Waals surface area contributed by atoms with Crippen molar-refractivity contribution in [3.05, 3.63) is 0 Å². The number of nitrogens with one attached hydrogen (secondary N) is 1. The van der Waals surface area contributed by atoms with E-state index in [9.17, 15) is 0 Å². The molecule has 2 atom stereocenters. The maximum absolute atomic E-state index is 5.58. The van der Waals surface area contributed by atoms with Crippen LogP contribution in [0.1, 0.15) is 39.5 Å². The second-order valence-electron chi connectivity index (χ2n) is 3.80. The first-order chi connectivity index (χ1) is 5.83. The molecular formula is C10H21NO. The van der Waals surface area contributed by atoms with Gasteiger partial charge in [-0.25, -0.2) is 0 Å². The van der Waals surface area contributed by atoms with Crippen LogP contribution in [0.25, 0.3) is 0 Å². The third-order valence-corrected chi connectivity index (χ3v) is 2.45. The number of rotatable bonds is 4. The van der Waals surface area contributed by atoms with Gasteiger partial charge in [0, 0.05) is 6.61 Å². The third-order valence-electron chi connectivity index (χ3n) is 2.45. The van der Waals surface area contributed by atoms with Crippen LogP contribution in [0.4, 0.5) is 0 Å². The van der Waals surface area contributed by atoms with Crippen LogP contribution in [0, 0.1) is 5.92 Å². The van der Waals surface area contributed by atoms with Gasteiger partial charge in [-0.1, -0.05) is 20.3 Å². The molecule has 0 aliphatic carbocycles. The Morgan fingerprint density at radius 1 is 1.50 bits per heavy atom. The third kappa shape index (κ3) is 3.55. The molecule has 1 heterocycles. The monoisotopic (exact) mass is 171 g/mol. The molecule has 1 rings (SSSR count). The summed E-state index contributed by atoms with van der Waals surface area (Å²) in [7, 11) is 0. The molecule has 1 fully saturated rings. The molecule has 0 spiro atoms. The highest BCUT2D eigenvalue weighted by molar-refractivity contribution is 4.66. The lowest BCUT2D eigenvalue weighted by Crippen LogP contribution is -2.37. The summed E-state index contributed by atoms with van der Waals surface area (Å²) in [6.45, 7) is 6.56. The Kier molecular flexibility index (Phi) is 4.62. The van der Waals surface area contributed by atoms with E-state index in [-0.39, 0.29) is 0 Å². The van der Waals surface area contributed by atoms with Crippen LogP contribution in [0.5, 0.6) is 0 Å². The number of unbranched alkanes of at least 4 members (excludes halogenated alkanes) is 1. The average molecular weight is 171 g/mol. The van der Waals surface area contributed by atoms with Crippen LogP contribution in [0.3, 0.4) is 0 Å². The predicted octanol–water partition coefficient (Wildman–Crippen LogP) is 2.15. The predicted molar refractivity (Wildman–Crippen MR) is 51.0 cm³/mol. The summed E-state index contributed by atoms with van der Waals surface area (Å²) in [5.41, 5.74) is 0. The summed E-state index contributed by atoms with van der Waals surface area (Å²) in [5.74, 6) is 0.831. The quantitative estimate of drug-likeness (QED) is 0.654. The SMILES string of the molecule is CCCCNC1CC(C)CCO1. The molecule has 1 aliphatic heterocycles. The van der Waals surface area contributed by atoms with Crippen molar-refractivity contribution < 1.29 is 4.74 Å². The smallest absolute Gasteiger partial charge is 0.108 e. The van der Waals surface area contributed by atoms with Crippen LogP contribution in [0.2, 0.25) is 0 Å². The second kappa shape index (κ2) is 5.55. The van der Waals surface area contributed by atoms with Gasteiger partial charge >= 0.3 is 0 Å². The molecule has 2 heteroatoms. The molecule has 2 nitrogen and oxygen atoms in total. The van der Waals surface area contributed by atoms with Gasteiger partial charge in [-0.15, -0.1) is 0 Å². The van der Waals surface area contributed by atoms with Crippen molar-refractivity contribution in [2.45, 2.75) is 45.8 Å². The summed E-state index contributed by atoms with van der Waals surface area (Å²) in [6.07, 6.45) is 5.26. The van der Waals surface area contributed by atoms with E-state index >= 15 is 0 Å². The van der Waals surface area contributed by atoms with E-state index in [1.165, 1.54) is 25.7 Å². The van der Waals surface area contributed by atoms with Crippen molar-refractivity contribution in [3.8, 4) is 0 Å². The fourth-order valence-electron chi connectivity index (χ4n) is 1.54. The Labute approximate surface area is 75.7 Å². The molecule has 1 saturated heterocycles. The molecule has 12 heavy (non-hydrogen) atoms. The Balaban J connectivity index is 2.06. The first kappa shape index (κ1) is 10.0. The summed E-state index contributed by atoms with van der Waals surface area (Å²) in [6, 6.07) is 0. The van der Waals surface area contributed by atoms with Gasteiger partial charge in [0.15, 0.2) is 0 Å². The minimum atomic E-state index is 0.334. The van der Waals surface area contributed by atoms with Crippen LogP contribution in [-0.2, 0) is 4.74 Å². The molecule has 1 N–H and O–H groups in total. The lowest BCUT2D eigenvalue weighted by molar-refractivity contribution is -0.0244. The van der Waals surface area contributed by atoms with Crippen LogP contribution >= 0.6 is 0 Å². The van der Waals surface area contributed by atoms with Crippen LogP contribution in [0.15, 0.2) is 0 Å². The normalized spacial score (nSPS) is 30.5. The highest BCUT2D eigenvalue weighted by Gasteiger charge is 2.17. The number of hydrogen-bond donors (Lipinski definition) is 1. The van der Waals surface area contributed by atoms with Crippen LogP contribution in [-0.4, -0.2) is 19.4 Å². The molecule has 72 valence electrons. The minimum absolute atomic E-state index is 0.334. The van der Waals surface area contributed by atoms with Crippen molar-refractivity contribution >= 4 is 0 Å².